The van der Waals surface area contributed by atoms with E-state index >= 15 is 0 Å². The average Bonchev–Trinajstić information content (AvgIpc) is 3.44. The first-order valence-corrected chi connectivity index (χ1v) is 16.1. The zero-order valence-electron chi connectivity index (χ0n) is 28.0. The Morgan fingerprint density at radius 3 is 2.15 bits per heavy atom. The zero-order chi connectivity index (χ0) is 34.5. The summed E-state index contributed by atoms with van der Waals surface area (Å²) in [4.78, 5) is 65.9. The van der Waals surface area contributed by atoms with Gasteiger partial charge in [-0.2, -0.15) is 0 Å². The van der Waals surface area contributed by atoms with Gasteiger partial charge in [-0.15, -0.1) is 0 Å². The minimum Gasteiger partial charge on any atom is -0.461 e. The van der Waals surface area contributed by atoms with Crippen LogP contribution in [0.2, 0.25) is 0 Å². The standard InChI is InChI=1S/C36H44O11/c1-9-27(40)45-29-20(4)17-36(47-23(7)39)28(29)31(44-22(6)38)35-18-42-34(8,33(36)46-32(41)24-13-11-10-12-14-24)30(35)25(19(2)3)15-16-26(35)43-21(5)37/h10-16,20,25-26,28-31,33H,2,9,17-18H2,1,3-8H3. The predicted molar refractivity (Wildman–Crippen MR) is 166 cm³/mol. The van der Waals surface area contributed by atoms with Gasteiger partial charge in [0.05, 0.1) is 23.5 Å². The summed E-state index contributed by atoms with van der Waals surface area (Å²) in [5.41, 5.74) is -3.46. The topological polar surface area (TPSA) is 141 Å². The van der Waals surface area contributed by atoms with Crippen molar-refractivity contribution < 1.29 is 52.4 Å². The normalized spacial score (nSPS) is 38.2. The van der Waals surface area contributed by atoms with Gasteiger partial charge >= 0.3 is 29.8 Å². The Morgan fingerprint density at radius 2 is 1.57 bits per heavy atom. The maximum Gasteiger partial charge on any atom is 0.338 e. The highest BCUT2D eigenvalue weighted by Crippen LogP contribution is 2.68. The lowest BCUT2D eigenvalue weighted by Crippen LogP contribution is -2.64. The van der Waals surface area contributed by atoms with Gasteiger partial charge in [0.1, 0.15) is 23.9 Å². The van der Waals surface area contributed by atoms with E-state index < -0.39 is 94.6 Å². The monoisotopic (exact) mass is 652 g/mol. The van der Waals surface area contributed by atoms with Crippen LogP contribution in [0.15, 0.2) is 54.6 Å². The van der Waals surface area contributed by atoms with E-state index in [1.54, 1.807) is 50.3 Å². The number of esters is 5. The van der Waals surface area contributed by atoms with Gasteiger partial charge in [0, 0.05) is 39.0 Å². The fourth-order valence-electron chi connectivity index (χ4n) is 8.99. The van der Waals surface area contributed by atoms with Gasteiger partial charge in [-0.1, -0.05) is 50.3 Å². The molecule has 3 fully saturated rings. The fourth-order valence-corrected chi connectivity index (χ4v) is 8.99. The van der Waals surface area contributed by atoms with Gasteiger partial charge in [0.25, 0.3) is 0 Å². The van der Waals surface area contributed by atoms with Crippen molar-refractivity contribution in [3.8, 4) is 0 Å². The van der Waals surface area contributed by atoms with Gasteiger partial charge < -0.3 is 28.4 Å². The van der Waals surface area contributed by atoms with Gasteiger partial charge in [-0.05, 0) is 44.4 Å². The number of rotatable bonds is 8. The molecule has 254 valence electrons. The molecule has 0 radical (unpaired) electrons. The van der Waals surface area contributed by atoms with Gasteiger partial charge in [-0.25, -0.2) is 4.79 Å². The van der Waals surface area contributed by atoms with Crippen molar-refractivity contribution in [3.63, 3.8) is 0 Å². The van der Waals surface area contributed by atoms with Crippen LogP contribution in [0, 0.1) is 29.1 Å². The lowest BCUT2D eigenvalue weighted by Gasteiger charge is -2.51. The molecule has 1 aromatic carbocycles. The molecule has 11 heteroatoms. The lowest BCUT2D eigenvalue weighted by atomic mass is 9.55. The largest absolute Gasteiger partial charge is 0.461 e. The molecule has 0 amide bonds. The van der Waals surface area contributed by atoms with Crippen molar-refractivity contribution >= 4 is 29.8 Å². The number of allylic oxidation sites excluding steroid dienone is 2. The molecule has 0 spiro atoms. The van der Waals surface area contributed by atoms with E-state index in [-0.39, 0.29) is 25.0 Å². The molecule has 3 aliphatic carbocycles. The van der Waals surface area contributed by atoms with E-state index in [0.717, 1.165) is 5.57 Å². The van der Waals surface area contributed by atoms with E-state index in [2.05, 4.69) is 6.58 Å². The Labute approximate surface area is 274 Å². The van der Waals surface area contributed by atoms with Crippen LogP contribution in [0.3, 0.4) is 0 Å². The summed E-state index contributed by atoms with van der Waals surface area (Å²) in [6, 6.07) is 8.39. The van der Waals surface area contributed by atoms with Crippen LogP contribution in [-0.2, 0) is 47.6 Å². The molecule has 1 saturated heterocycles. The second-order valence-corrected chi connectivity index (χ2v) is 13.6. The number of fused-ring (bicyclic) bond motifs is 1. The van der Waals surface area contributed by atoms with E-state index in [9.17, 15) is 24.0 Å². The molecule has 1 aromatic rings. The molecule has 11 unspecified atom stereocenters. The highest BCUT2D eigenvalue weighted by atomic mass is 16.6. The van der Waals surface area contributed by atoms with Crippen LogP contribution in [-0.4, -0.2) is 72.1 Å². The fraction of sp³-hybridized carbons (Fsp3) is 0.583. The highest BCUT2D eigenvalue weighted by Gasteiger charge is 2.82. The summed E-state index contributed by atoms with van der Waals surface area (Å²) in [6.07, 6.45) is -0.675. The lowest BCUT2D eigenvalue weighted by molar-refractivity contribution is -0.239. The van der Waals surface area contributed by atoms with Crippen molar-refractivity contribution in [3.05, 3.63) is 60.2 Å². The quantitative estimate of drug-likeness (QED) is 0.222. The number of ether oxygens (including phenoxy) is 6. The van der Waals surface area contributed by atoms with Crippen molar-refractivity contribution in [2.75, 3.05) is 6.61 Å². The number of hydrogen-bond donors (Lipinski definition) is 0. The molecule has 11 nitrogen and oxygen atoms in total. The second-order valence-electron chi connectivity index (χ2n) is 13.6. The third-order valence-electron chi connectivity index (χ3n) is 10.4. The molecule has 1 heterocycles. The Morgan fingerprint density at radius 1 is 0.915 bits per heavy atom. The van der Waals surface area contributed by atoms with Crippen molar-refractivity contribution in [2.45, 2.75) is 96.9 Å². The molecular formula is C36H44O11. The first kappa shape index (κ1) is 34.3. The van der Waals surface area contributed by atoms with E-state index in [1.807, 2.05) is 19.9 Å². The number of hydrogen-bond acceptors (Lipinski definition) is 11. The summed E-state index contributed by atoms with van der Waals surface area (Å²) in [7, 11) is 0. The van der Waals surface area contributed by atoms with E-state index in [4.69, 9.17) is 28.4 Å². The van der Waals surface area contributed by atoms with E-state index in [0.29, 0.717) is 0 Å². The SMILES string of the molecule is C=C(C)C1C=CC(OC(C)=O)C23COC(C)(C(OC(=O)c4ccccc4)C4(OC(C)=O)CC(C)C(OC(=O)CC)C4C2OC(C)=O)C13. The first-order valence-electron chi connectivity index (χ1n) is 16.1. The molecule has 11 atom stereocenters. The maximum absolute atomic E-state index is 14.0. The first-order chi connectivity index (χ1) is 22.1. The molecule has 0 N–H and O–H groups in total. The molecule has 5 rings (SSSR count). The number of carbonyl (C=O) groups excluding carboxylic acids is 5. The Kier molecular flexibility index (Phi) is 9.18. The maximum atomic E-state index is 14.0. The van der Waals surface area contributed by atoms with Crippen molar-refractivity contribution in [2.24, 2.45) is 29.1 Å². The summed E-state index contributed by atoms with van der Waals surface area (Å²) in [6.45, 7) is 15.1. The van der Waals surface area contributed by atoms with Crippen LogP contribution in [0.25, 0.3) is 0 Å². The van der Waals surface area contributed by atoms with E-state index in [1.165, 1.54) is 20.8 Å². The second kappa shape index (κ2) is 12.6. The average molecular weight is 653 g/mol. The van der Waals surface area contributed by atoms with Crippen LogP contribution >= 0.6 is 0 Å². The van der Waals surface area contributed by atoms with Crippen LogP contribution in [0.1, 0.15) is 71.7 Å². The van der Waals surface area contributed by atoms with Gasteiger partial charge in [-0.3, -0.25) is 19.2 Å². The summed E-state index contributed by atoms with van der Waals surface area (Å²) in [5.74, 6) is -5.74. The third kappa shape index (κ3) is 5.56. The van der Waals surface area contributed by atoms with Crippen molar-refractivity contribution in [1.82, 2.24) is 0 Å². The molecule has 0 aromatic heterocycles. The summed E-state index contributed by atoms with van der Waals surface area (Å²) >= 11 is 0. The molecule has 4 aliphatic rings. The summed E-state index contributed by atoms with van der Waals surface area (Å²) in [5, 5.41) is 0. The highest BCUT2D eigenvalue weighted by molar-refractivity contribution is 5.89. The summed E-state index contributed by atoms with van der Waals surface area (Å²) < 4.78 is 38.0. The number of benzene rings is 1. The van der Waals surface area contributed by atoms with Gasteiger partial charge in [0.15, 0.2) is 11.7 Å². The molecule has 2 bridgehead atoms. The number of carbonyl (C=O) groups is 5. The van der Waals surface area contributed by atoms with Crippen LogP contribution < -0.4 is 0 Å². The smallest absolute Gasteiger partial charge is 0.338 e. The Bertz CT molecular complexity index is 1480. The molecule has 47 heavy (non-hydrogen) atoms. The minimum atomic E-state index is -1.71. The Balaban J connectivity index is 1.87. The molecular weight excluding hydrogens is 608 g/mol. The Hall–Kier alpha value is -3.99. The van der Waals surface area contributed by atoms with Gasteiger partial charge in [0.2, 0.25) is 0 Å². The third-order valence-corrected chi connectivity index (χ3v) is 10.4. The molecule has 1 aliphatic heterocycles. The predicted octanol–water partition coefficient (Wildman–Crippen LogP) is 4.52. The van der Waals surface area contributed by atoms with Crippen molar-refractivity contribution in [1.29, 1.82) is 0 Å². The van der Waals surface area contributed by atoms with Crippen LogP contribution in [0.4, 0.5) is 0 Å². The zero-order valence-corrected chi connectivity index (χ0v) is 28.0. The minimum absolute atomic E-state index is 0.0618. The molecule has 2 saturated carbocycles. The van der Waals surface area contributed by atoms with Crippen LogP contribution in [0.5, 0.6) is 0 Å².